The molecule has 0 bridgehead atoms. The maximum absolute atomic E-state index is 5.53. The second-order valence-corrected chi connectivity index (χ2v) is 6.76. The topological polar surface area (TPSA) is 38.1 Å². The number of hydrogen-bond acceptors (Lipinski definition) is 4. The van der Waals surface area contributed by atoms with E-state index in [0.29, 0.717) is 6.04 Å². The van der Waals surface area contributed by atoms with Crippen LogP contribution < -0.4 is 5.32 Å². The Bertz CT molecular complexity index is 564. The van der Waals surface area contributed by atoms with E-state index in [2.05, 4.69) is 28.2 Å². The minimum Gasteiger partial charge on any atom is -0.461 e. The lowest BCUT2D eigenvalue weighted by molar-refractivity contribution is 0.454. The predicted octanol–water partition coefficient (Wildman–Crippen LogP) is 4.54. The van der Waals surface area contributed by atoms with Crippen molar-refractivity contribution in [1.82, 2.24) is 10.3 Å². The smallest absolute Gasteiger partial charge is 0.176 e. The van der Waals surface area contributed by atoms with Crippen LogP contribution >= 0.6 is 27.3 Å². The highest BCUT2D eigenvalue weighted by atomic mass is 79.9. The number of hydrogen-bond donors (Lipinski definition) is 1. The molecule has 0 fully saturated rings. The molecule has 0 radical (unpaired) electrons. The van der Waals surface area contributed by atoms with Gasteiger partial charge in [0.25, 0.3) is 0 Å². The van der Waals surface area contributed by atoms with Crippen LogP contribution in [0.5, 0.6) is 0 Å². The summed E-state index contributed by atoms with van der Waals surface area (Å²) in [4.78, 5) is 6.24. The zero-order valence-corrected chi connectivity index (χ0v) is 13.3. The SMILES string of the molecule is CCCNC1CCCc2sc(-c3occc3Br)nc21. The molecule has 102 valence electrons. The summed E-state index contributed by atoms with van der Waals surface area (Å²) in [6.07, 6.45) is 6.44. The third-order valence-corrected chi connectivity index (χ3v) is 5.16. The molecular weight excluding hydrogens is 324 g/mol. The van der Waals surface area contributed by atoms with E-state index in [1.165, 1.54) is 23.4 Å². The standard InChI is InChI=1S/C14H17BrN2OS/c1-2-7-16-10-4-3-5-11-12(10)17-14(19-11)13-9(15)6-8-18-13/h6,8,10,16H,2-5,7H2,1H3. The van der Waals surface area contributed by atoms with Crippen molar-refractivity contribution in [1.29, 1.82) is 0 Å². The molecule has 1 N–H and O–H groups in total. The Morgan fingerprint density at radius 3 is 3.21 bits per heavy atom. The molecular formula is C14H17BrN2OS. The Morgan fingerprint density at radius 1 is 1.58 bits per heavy atom. The van der Waals surface area contributed by atoms with Crippen LogP contribution in [-0.2, 0) is 6.42 Å². The van der Waals surface area contributed by atoms with Gasteiger partial charge in [-0.25, -0.2) is 4.98 Å². The molecule has 19 heavy (non-hydrogen) atoms. The van der Waals surface area contributed by atoms with Crippen molar-refractivity contribution in [2.75, 3.05) is 6.54 Å². The van der Waals surface area contributed by atoms with Crippen LogP contribution in [0.2, 0.25) is 0 Å². The van der Waals surface area contributed by atoms with Crippen LogP contribution in [-0.4, -0.2) is 11.5 Å². The average molecular weight is 341 g/mol. The molecule has 1 aliphatic carbocycles. The highest BCUT2D eigenvalue weighted by molar-refractivity contribution is 9.10. The Labute approximate surface area is 125 Å². The molecule has 0 aliphatic heterocycles. The highest BCUT2D eigenvalue weighted by Gasteiger charge is 2.25. The van der Waals surface area contributed by atoms with E-state index in [1.54, 1.807) is 17.6 Å². The molecule has 1 atom stereocenters. The second kappa shape index (κ2) is 5.77. The van der Waals surface area contributed by atoms with E-state index in [4.69, 9.17) is 9.40 Å². The van der Waals surface area contributed by atoms with Gasteiger partial charge < -0.3 is 9.73 Å². The molecule has 0 spiro atoms. The Kier molecular flexibility index (Phi) is 4.05. The summed E-state index contributed by atoms with van der Waals surface area (Å²) < 4.78 is 6.51. The number of halogens is 1. The Morgan fingerprint density at radius 2 is 2.47 bits per heavy atom. The molecule has 2 aromatic rings. The van der Waals surface area contributed by atoms with Crippen LogP contribution in [0, 0.1) is 0 Å². The third-order valence-electron chi connectivity index (χ3n) is 3.41. The quantitative estimate of drug-likeness (QED) is 0.887. The maximum atomic E-state index is 5.53. The van der Waals surface area contributed by atoms with Crippen LogP contribution in [0.3, 0.4) is 0 Å². The number of nitrogens with zero attached hydrogens (tertiary/aromatic N) is 1. The first-order chi connectivity index (χ1) is 9.29. The molecule has 0 amide bonds. The summed E-state index contributed by atoms with van der Waals surface area (Å²) in [6, 6.07) is 2.34. The van der Waals surface area contributed by atoms with Crippen LogP contribution in [0.4, 0.5) is 0 Å². The fourth-order valence-electron chi connectivity index (χ4n) is 2.48. The number of aromatic nitrogens is 1. The molecule has 0 saturated heterocycles. The highest BCUT2D eigenvalue weighted by Crippen LogP contribution is 2.39. The van der Waals surface area contributed by atoms with Crippen molar-refractivity contribution >= 4 is 27.3 Å². The van der Waals surface area contributed by atoms with Gasteiger partial charge in [0.15, 0.2) is 10.8 Å². The Balaban J connectivity index is 1.91. The summed E-state index contributed by atoms with van der Waals surface area (Å²) in [7, 11) is 0. The van der Waals surface area contributed by atoms with Crippen molar-refractivity contribution < 1.29 is 4.42 Å². The molecule has 1 unspecified atom stereocenters. The van der Waals surface area contributed by atoms with Gasteiger partial charge >= 0.3 is 0 Å². The number of rotatable bonds is 4. The van der Waals surface area contributed by atoms with E-state index < -0.39 is 0 Å². The summed E-state index contributed by atoms with van der Waals surface area (Å²) in [5, 5.41) is 4.60. The van der Waals surface area contributed by atoms with E-state index in [9.17, 15) is 0 Å². The van der Waals surface area contributed by atoms with E-state index in [0.717, 1.165) is 34.6 Å². The number of furan rings is 1. The molecule has 3 nitrogen and oxygen atoms in total. The summed E-state index contributed by atoms with van der Waals surface area (Å²) in [5.41, 5.74) is 1.24. The molecule has 2 heterocycles. The van der Waals surface area contributed by atoms with Gasteiger partial charge in [0.1, 0.15) is 0 Å². The van der Waals surface area contributed by atoms with E-state index in [1.807, 2.05) is 6.07 Å². The second-order valence-electron chi connectivity index (χ2n) is 4.82. The fourth-order valence-corrected chi connectivity index (χ4v) is 4.17. The van der Waals surface area contributed by atoms with Crippen LogP contribution in [0.15, 0.2) is 21.2 Å². The molecule has 1 aliphatic rings. The maximum Gasteiger partial charge on any atom is 0.176 e. The first kappa shape index (κ1) is 13.3. The summed E-state index contributed by atoms with van der Waals surface area (Å²) >= 11 is 5.28. The van der Waals surface area contributed by atoms with Crippen LogP contribution in [0.25, 0.3) is 10.8 Å². The number of thiazole rings is 1. The largest absolute Gasteiger partial charge is 0.461 e. The molecule has 2 aromatic heterocycles. The molecule has 0 saturated carbocycles. The first-order valence-electron chi connectivity index (χ1n) is 6.76. The molecule has 5 heteroatoms. The van der Waals surface area contributed by atoms with Gasteiger partial charge in [-0.1, -0.05) is 6.92 Å². The predicted molar refractivity (Wildman–Crippen MR) is 81.5 cm³/mol. The van der Waals surface area contributed by atoms with Crippen LogP contribution in [0.1, 0.15) is 42.8 Å². The van der Waals surface area contributed by atoms with Gasteiger partial charge in [-0.15, -0.1) is 11.3 Å². The zero-order chi connectivity index (χ0) is 13.2. The summed E-state index contributed by atoms with van der Waals surface area (Å²) in [5.74, 6) is 0.855. The van der Waals surface area contributed by atoms with Gasteiger partial charge in [0.2, 0.25) is 0 Å². The van der Waals surface area contributed by atoms with Gasteiger partial charge in [-0.2, -0.15) is 0 Å². The number of fused-ring (bicyclic) bond motifs is 1. The Hall–Kier alpha value is -0.650. The lowest BCUT2D eigenvalue weighted by Gasteiger charge is -2.21. The van der Waals surface area contributed by atoms with E-state index in [-0.39, 0.29) is 0 Å². The molecule has 0 aromatic carbocycles. The average Bonchev–Trinajstić information content (AvgIpc) is 3.01. The normalized spacial score (nSPS) is 18.5. The lowest BCUT2D eigenvalue weighted by atomic mass is 9.97. The van der Waals surface area contributed by atoms with Gasteiger partial charge in [0, 0.05) is 4.88 Å². The van der Waals surface area contributed by atoms with Crippen molar-refractivity contribution in [3.8, 4) is 10.8 Å². The number of aryl methyl sites for hydroxylation is 1. The number of nitrogens with one attached hydrogen (secondary N) is 1. The van der Waals surface area contributed by atoms with Crippen molar-refractivity contribution in [3.05, 3.63) is 27.4 Å². The monoisotopic (exact) mass is 340 g/mol. The van der Waals surface area contributed by atoms with Gasteiger partial charge in [-0.05, 0) is 54.2 Å². The third kappa shape index (κ3) is 2.64. The molecule has 3 rings (SSSR count). The van der Waals surface area contributed by atoms with E-state index >= 15 is 0 Å². The van der Waals surface area contributed by atoms with Crippen molar-refractivity contribution in [2.45, 2.75) is 38.6 Å². The first-order valence-corrected chi connectivity index (χ1v) is 8.37. The van der Waals surface area contributed by atoms with Gasteiger partial charge in [0.05, 0.1) is 22.5 Å². The lowest BCUT2D eigenvalue weighted by Crippen LogP contribution is -2.25. The minimum absolute atomic E-state index is 0.419. The van der Waals surface area contributed by atoms with Gasteiger partial charge in [-0.3, -0.25) is 0 Å². The zero-order valence-electron chi connectivity index (χ0n) is 10.9. The fraction of sp³-hybridized carbons (Fsp3) is 0.500. The van der Waals surface area contributed by atoms with Crippen molar-refractivity contribution in [2.24, 2.45) is 0 Å². The van der Waals surface area contributed by atoms with Crippen molar-refractivity contribution in [3.63, 3.8) is 0 Å². The minimum atomic E-state index is 0.419. The summed E-state index contributed by atoms with van der Waals surface area (Å²) in [6.45, 7) is 3.25.